The number of aromatic nitrogens is 2. The van der Waals surface area contributed by atoms with E-state index in [4.69, 9.17) is 5.73 Å². The lowest BCUT2D eigenvalue weighted by atomic mass is 9.97. The Labute approximate surface area is 192 Å². The molecule has 2 fully saturated rings. The molecular weight excluding hydrogens is 424 g/mol. The van der Waals surface area contributed by atoms with E-state index in [0.717, 1.165) is 31.2 Å². The smallest absolute Gasteiger partial charge is 0.337 e. The molecule has 2 saturated heterocycles. The van der Waals surface area contributed by atoms with E-state index in [-0.39, 0.29) is 36.4 Å². The minimum Gasteiger partial charge on any atom is -0.390 e. The lowest BCUT2D eigenvalue weighted by molar-refractivity contribution is 0.0433. The fourth-order valence-corrected chi connectivity index (χ4v) is 5.50. The van der Waals surface area contributed by atoms with E-state index in [0.29, 0.717) is 12.1 Å². The number of nitrogens with one attached hydrogen (secondary N) is 1. The van der Waals surface area contributed by atoms with Gasteiger partial charge in [-0.25, -0.2) is 19.0 Å². The summed E-state index contributed by atoms with van der Waals surface area (Å²) in [5.74, 6) is 0. The van der Waals surface area contributed by atoms with Gasteiger partial charge in [-0.1, -0.05) is 12.1 Å². The average molecular weight is 459 g/mol. The predicted octanol–water partition coefficient (Wildman–Crippen LogP) is 1.31. The third-order valence-corrected chi connectivity index (χ3v) is 6.99. The molecule has 4 rings (SSSR count). The zero-order valence-corrected chi connectivity index (χ0v) is 19.5. The highest BCUT2D eigenvalue weighted by Crippen LogP contribution is 2.36. The number of amides is 3. The standard InChI is InChI=1S/C23H34N6O4/c1-14(2)28-19-6-4-5-7-20(19)29(23(28)33)22(32)25-15-10-16-8-9-17(11-15)27(16)13-18(30)12-26(3)21(24)31/h4-7,14-18,30H,8-13H2,1-3H3,(H2,24,31)(H,25,32)/t15?,16-,17+,18?. The summed E-state index contributed by atoms with van der Waals surface area (Å²) in [6.45, 7) is 4.52. The molecule has 180 valence electrons. The van der Waals surface area contributed by atoms with Crippen molar-refractivity contribution in [1.29, 1.82) is 0 Å². The van der Waals surface area contributed by atoms with E-state index in [2.05, 4.69) is 10.2 Å². The highest BCUT2D eigenvalue weighted by atomic mass is 16.3. The van der Waals surface area contributed by atoms with E-state index in [1.54, 1.807) is 17.7 Å². The number of fused-ring (bicyclic) bond motifs is 3. The maximum Gasteiger partial charge on any atom is 0.337 e. The molecule has 1 aromatic carbocycles. The molecule has 1 aromatic heterocycles. The van der Waals surface area contributed by atoms with Crippen LogP contribution in [0.1, 0.15) is 45.6 Å². The number of likely N-dealkylation sites (N-methyl/N-ethyl adjacent to an activating group) is 1. The summed E-state index contributed by atoms with van der Waals surface area (Å²) in [6.07, 6.45) is 2.85. The Morgan fingerprint density at radius 2 is 1.79 bits per heavy atom. The van der Waals surface area contributed by atoms with Gasteiger partial charge in [0.2, 0.25) is 0 Å². The van der Waals surface area contributed by atoms with Crippen LogP contribution in [0, 0.1) is 0 Å². The van der Waals surface area contributed by atoms with Gasteiger partial charge in [-0.2, -0.15) is 0 Å². The summed E-state index contributed by atoms with van der Waals surface area (Å²) in [6, 6.07) is 6.80. The molecule has 0 spiro atoms. The van der Waals surface area contributed by atoms with Crippen molar-refractivity contribution >= 4 is 23.1 Å². The Morgan fingerprint density at radius 1 is 1.18 bits per heavy atom. The van der Waals surface area contributed by atoms with Crippen LogP contribution in [-0.2, 0) is 0 Å². The minimum absolute atomic E-state index is 0.0373. The Balaban J connectivity index is 1.44. The van der Waals surface area contributed by atoms with Gasteiger partial charge in [-0.15, -0.1) is 0 Å². The predicted molar refractivity (Wildman–Crippen MR) is 125 cm³/mol. The molecule has 2 aliphatic heterocycles. The van der Waals surface area contributed by atoms with E-state index in [9.17, 15) is 19.5 Å². The van der Waals surface area contributed by atoms with Crippen molar-refractivity contribution in [3.63, 3.8) is 0 Å². The molecule has 10 heteroatoms. The zero-order valence-electron chi connectivity index (χ0n) is 19.5. The zero-order chi connectivity index (χ0) is 23.9. The van der Waals surface area contributed by atoms with Crippen LogP contribution in [0.4, 0.5) is 9.59 Å². The third-order valence-electron chi connectivity index (χ3n) is 6.99. The lowest BCUT2D eigenvalue weighted by Gasteiger charge is -2.40. The second-order valence-corrected chi connectivity index (χ2v) is 9.64. The third kappa shape index (κ3) is 4.49. The van der Waals surface area contributed by atoms with Gasteiger partial charge < -0.3 is 21.1 Å². The molecule has 33 heavy (non-hydrogen) atoms. The van der Waals surface area contributed by atoms with Crippen LogP contribution in [0.25, 0.3) is 11.0 Å². The first-order chi connectivity index (χ1) is 15.7. The molecule has 4 N–H and O–H groups in total. The van der Waals surface area contributed by atoms with E-state index in [1.807, 2.05) is 32.0 Å². The highest BCUT2D eigenvalue weighted by molar-refractivity contribution is 5.89. The largest absolute Gasteiger partial charge is 0.390 e. The number of hydrogen-bond acceptors (Lipinski definition) is 5. The first-order valence-electron chi connectivity index (χ1n) is 11.6. The lowest BCUT2D eigenvalue weighted by Crippen LogP contribution is -2.54. The number of carbonyl (C=O) groups excluding carboxylic acids is 2. The van der Waals surface area contributed by atoms with Crippen molar-refractivity contribution in [3.8, 4) is 0 Å². The van der Waals surface area contributed by atoms with Gasteiger partial charge in [-0.3, -0.25) is 9.47 Å². The Hall–Kier alpha value is -2.85. The summed E-state index contributed by atoms with van der Waals surface area (Å²) in [7, 11) is 1.57. The van der Waals surface area contributed by atoms with Crippen molar-refractivity contribution < 1.29 is 14.7 Å². The van der Waals surface area contributed by atoms with Gasteiger partial charge >= 0.3 is 17.8 Å². The Kier molecular flexibility index (Phi) is 6.49. The molecule has 0 radical (unpaired) electrons. The molecule has 3 heterocycles. The molecule has 10 nitrogen and oxygen atoms in total. The van der Waals surface area contributed by atoms with Gasteiger partial charge in [0.05, 0.1) is 17.1 Å². The number of hydrogen-bond donors (Lipinski definition) is 3. The number of rotatable bonds is 6. The second-order valence-electron chi connectivity index (χ2n) is 9.64. The maximum absolute atomic E-state index is 13.2. The van der Waals surface area contributed by atoms with Crippen LogP contribution in [0.2, 0.25) is 0 Å². The molecule has 3 amide bonds. The van der Waals surface area contributed by atoms with Crippen molar-refractivity contribution in [3.05, 3.63) is 34.7 Å². The van der Waals surface area contributed by atoms with Gasteiger partial charge in [-0.05, 0) is 51.7 Å². The number of benzene rings is 1. The van der Waals surface area contributed by atoms with Gasteiger partial charge in [0.15, 0.2) is 0 Å². The van der Waals surface area contributed by atoms with Crippen molar-refractivity contribution in [2.24, 2.45) is 5.73 Å². The van der Waals surface area contributed by atoms with Gasteiger partial charge in [0.1, 0.15) is 0 Å². The van der Waals surface area contributed by atoms with Crippen LogP contribution in [0.3, 0.4) is 0 Å². The van der Waals surface area contributed by atoms with Crippen molar-refractivity contribution in [2.45, 2.75) is 69.8 Å². The number of aliphatic hydroxyl groups excluding tert-OH is 1. The number of nitrogens with two attached hydrogens (primary N) is 1. The van der Waals surface area contributed by atoms with Gasteiger partial charge in [0.25, 0.3) is 0 Å². The second kappa shape index (κ2) is 9.18. The molecule has 0 aliphatic carbocycles. The number of aliphatic hydroxyl groups is 1. The first kappa shape index (κ1) is 23.3. The molecule has 2 aromatic rings. The van der Waals surface area contributed by atoms with Crippen LogP contribution in [0.15, 0.2) is 29.1 Å². The summed E-state index contributed by atoms with van der Waals surface area (Å²) in [5.41, 5.74) is 6.28. The normalized spacial score (nSPS) is 23.7. The monoisotopic (exact) mass is 458 g/mol. The molecular formula is C23H34N6O4. The maximum atomic E-state index is 13.2. The summed E-state index contributed by atoms with van der Waals surface area (Å²) < 4.78 is 2.89. The van der Waals surface area contributed by atoms with Crippen LogP contribution in [-0.4, -0.2) is 80.5 Å². The van der Waals surface area contributed by atoms with Crippen LogP contribution in [0.5, 0.6) is 0 Å². The number of nitrogens with zero attached hydrogens (tertiary/aromatic N) is 4. The number of urea groups is 1. The van der Waals surface area contributed by atoms with Crippen molar-refractivity contribution in [2.75, 3.05) is 20.1 Å². The van der Waals surface area contributed by atoms with Crippen LogP contribution >= 0.6 is 0 Å². The molecule has 2 aliphatic rings. The average Bonchev–Trinajstić information content (AvgIpc) is 3.16. The fraction of sp³-hybridized carbons (Fsp3) is 0.609. The number of carbonyl (C=O) groups is 2. The fourth-order valence-electron chi connectivity index (χ4n) is 5.50. The number of imidazole rings is 1. The van der Waals surface area contributed by atoms with Gasteiger partial charge in [0, 0.05) is 44.3 Å². The first-order valence-corrected chi connectivity index (χ1v) is 11.6. The summed E-state index contributed by atoms with van der Waals surface area (Å²) >= 11 is 0. The summed E-state index contributed by atoms with van der Waals surface area (Å²) in [4.78, 5) is 41.1. The summed E-state index contributed by atoms with van der Waals surface area (Å²) in [5, 5.41) is 13.5. The van der Waals surface area contributed by atoms with Crippen molar-refractivity contribution in [1.82, 2.24) is 24.3 Å². The van der Waals surface area contributed by atoms with Crippen LogP contribution < -0.4 is 16.7 Å². The highest BCUT2D eigenvalue weighted by Gasteiger charge is 2.42. The minimum atomic E-state index is -0.683. The SMILES string of the molecule is CC(C)n1c(=O)n(C(=O)NC2C[C@H]3CC[C@@H](C2)N3CC(O)CN(C)C(N)=O)c2ccccc21. The quantitative estimate of drug-likeness (QED) is 0.602. The number of primary amides is 1. The molecule has 2 unspecified atom stereocenters. The molecule has 2 bridgehead atoms. The molecule has 4 atom stereocenters. The molecule has 0 saturated carbocycles. The van der Waals surface area contributed by atoms with E-state index >= 15 is 0 Å². The van der Waals surface area contributed by atoms with E-state index < -0.39 is 18.2 Å². The Bertz CT molecular complexity index is 1080. The number of piperidine rings is 1. The number of para-hydroxylation sites is 2. The van der Waals surface area contributed by atoms with E-state index in [1.165, 1.54) is 9.47 Å². The topological polar surface area (TPSA) is 126 Å². The Morgan fingerprint density at radius 3 is 2.36 bits per heavy atom.